The van der Waals surface area contributed by atoms with Crippen LogP contribution in [0.3, 0.4) is 0 Å². The second kappa shape index (κ2) is 9.21. The first-order valence-corrected chi connectivity index (χ1v) is 8.11. The molecule has 140 valence electrons. The third-order valence-electron chi connectivity index (χ3n) is 3.75. The molecule has 7 nitrogen and oxygen atoms in total. The van der Waals surface area contributed by atoms with E-state index >= 15 is 0 Å². The highest BCUT2D eigenvalue weighted by Crippen LogP contribution is 2.18. The molecule has 3 rings (SSSR count). The van der Waals surface area contributed by atoms with Gasteiger partial charge in [-0.25, -0.2) is 4.79 Å². The Labute approximate surface area is 155 Å². The highest BCUT2D eigenvalue weighted by atomic mass is 16.4. The average Bonchev–Trinajstić information content (AvgIpc) is 3.06. The van der Waals surface area contributed by atoms with E-state index in [2.05, 4.69) is 4.98 Å². The predicted octanol–water partition coefficient (Wildman–Crippen LogP) is 2.79. The van der Waals surface area contributed by atoms with Crippen molar-refractivity contribution in [3.05, 3.63) is 77.7 Å². The molecular weight excluding hydrogens is 348 g/mol. The molecule has 0 aliphatic heterocycles. The van der Waals surface area contributed by atoms with Crippen LogP contribution in [0.15, 0.2) is 66.6 Å². The molecule has 3 aromatic rings. The summed E-state index contributed by atoms with van der Waals surface area (Å²) in [6, 6.07) is 15.7. The Morgan fingerprint density at radius 3 is 2.26 bits per heavy atom. The van der Waals surface area contributed by atoms with Crippen molar-refractivity contribution in [2.24, 2.45) is 5.73 Å². The molecule has 0 radical (unpaired) electrons. The van der Waals surface area contributed by atoms with Crippen molar-refractivity contribution in [2.45, 2.75) is 12.5 Å². The van der Waals surface area contributed by atoms with Crippen LogP contribution in [0, 0.1) is 0 Å². The Morgan fingerprint density at radius 2 is 1.63 bits per heavy atom. The number of hydrogen-bond donors (Lipinski definition) is 5. The van der Waals surface area contributed by atoms with Crippen molar-refractivity contribution in [1.29, 1.82) is 0 Å². The van der Waals surface area contributed by atoms with Gasteiger partial charge in [-0.15, -0.1) is 0 Å². The number of aliphatic hydroxyl groups excluding tert-OH is 1. The van der Waals surface area contributed by atoms with Crippen molar-refractivity contribution >= 4 is 28.9 Å². The summed E-state index contributed by atoms with van der Waals surface area (Å²) < 4.78 is 0. The number of benzene rings is 2. The molecule has 6 N–H and O–H groups in total. The molecule has 1 heterocycles. The minimum absolute atomic E-state index is 0.347. The first-order chi connectivity index (χ1) is 12.9. The molecule has 0 aliphatic rings. The van der Waals surface area contributed by atoms with Gasteiger partial charge in [-0.05, 0) is 23.3 Å². The largest absolute Gasteiger partial charge is 0.502 e. The Morgan fingerprint density at radius 1 is 1.00 bits per heavy atom. The van der Waals surface area contributed by atoms with Gasteiger partial charge in [0.1, 0.15) is 6.04 Å². The number of rotatable bonds is 5. The summed E-state index contributed by atoms with van der Waals surface area (Å²) in [5, 5.41) is 26.9. The average molecular weight is 368 g/mol. The van der Waals surface area contributed by atoms with E-state index in [-0.39, 0.29) is 0 Å². The number of nitrogens with two attached hydrogens (primary N) is 1. The highest BCUT2D eigenvalue weighted by molar-refractivity contribution is 5.89. The number of fused-ring (bicyclic) bond motifs is 1. The number of para-hydroxylation sites is 1. The summed E-state index contributed by atoms with van der Waals surface area (Å²) in [6.45, 7) is 0. The van der Waals surface area contributed by atoms with E-state index in [1.165, 1.54) is 6.08 Å². The topological polar surface area (TPSA) is 137 Å². The summed E-state index contributed by atoms with van der Waals surface area (Å²) in [6.07, 6.45) is 3.36. The van der Waals surface area contributed by atoms with Crippen LogP contribution in [0.2, 0.25) is 0 Å². The smallest absolute Gasteiger partial charge is 0.370 e. The fourth-order valence-corrected chi connectivity index (χ4v) is 2.39. The Balaban J connectivity index is 0.000000199. The van der Waals surface area contributed by atoms with Crippen molar-refractivity contribution in [3.63, 3.8) is 0 Å². The van der Waals surface area contributed by atoms with E-state index < -0.39 is 23.7 Å². The van der Waals surface area contributed by atoms with Crippen LogP contribution in [0.1, 0.15) is 11.1 Å². The number of carboxylic acids is 2. The predicted molar refractivity (Wildman–Crippen MR) is 102 cm³/mol. The second-order valence-corrected chi connectivity index (χ2v) is 5.75. The molecule has 0 spiro atoms. The monoisotopic (exact) mass is 368 g/mol. The van der Waals surface area contributed by atoms with Crippen LogP contribution >= 0.6 is 0 Å². The van der Waals surface area contributed by atoms with Crippen molar-refractivity contribution < 1.29 is 24.9 Å². The van der Waals surface area contributed by atoms with Crippen LogP contribution in [0.25, 0.3) is 17.0 Å². The summed E-state index contributed by atoms with van der Waals surface area (Å²) >= 11 is 0. The van der Waals surface area contributed by atoms with Gasteiger partial charge in [-0.3, -0.25) is 4.79 Å². The molecule has 1 atom stereocenters. The molecule has 2 aromatic carbocycles. The molecule has 7 heteroatoms. The number of aromatic amines is 1. The van der Waals surface area contributed by atoms with Gasteiger partial charge in [0, 0.05) is 23.5 Å². The maximum absolute atomic E-state index is 10.6. The van der Waals surface area contributed by atoms with Crippen LogP contribution in [-0.2, 0) is 16.0 Å². The minimum Gasteiger partial charge on any atom is -0.502 e. The van der Waals surface area contributed by atoms with Crippen LogP contribution in [-0.4, -0.2) is 38.3 Å². The lowest BCUT2D eigenvalue weighted by molar-refractivity contribution is -0.138. The number of carboxylic acid groups (broad SMARTS) is 2. The number of carbonyl (C=O) groups is 2. The molecular formula is C20H20N2O5. The van der Waals surface area contributed by atoms with Gasteiger partial charge in [0.05, 0.1) is 0 Å². The second-order valence-electron chi connectivity index (χ2n) is 5.75. The van der Waals surface area contributed by atoms with Gasteiger partial charge < -0.3 is 26.0 Å². The first-order valence-electron chi connectivity index (χ1n) is 8.11. The molecule has 0 fully saturated rings. The van der Waals surface area contributed by atoms with Crippen molar-refractivity contribution in [2.75, 3.05) is 0 Å². The highest BCUT2D eigenvalue weighted by Gasteiger charge is 2.14. The quantitative estimate of drug-likeness (QED) is 0.347. The third kappa shape index (κ3) is 5.72. The van der Waals surface area contributed by atoms with E-state index in [9.17, 15) is 9.59 Å². The molecule has 1 aromatic heterocycles. The lowest BCUT2D eigenvalue weighted by Gasteiger charge is -2.04. The zero-order valence-electron chi connectivity index (χ0n) is 14.4. The fraction of sp³-hybridized carbons (Fsp3) is 0.100. The molecule has 0 saturated carbocycles. The zero-order chi connectivity index (χ0) is 19.8. The van der Waals surface area contributed by atoms with Crippen molar-refractivity contribution in [1.82, 2.24) is 4.98 Å². The van der Waals surface area contributed by atoms with Gasteiger partial charge in [-0.2, -0.15) is 0 Å². The lowest BCUT2D eigenvalue weighted by atomic mass is 10.1. The number of H-pyrrole nitrogens is 1. The third-order valence-corrected chi connectivity index (χ3v) is 3.75. The maximum Gasteiger partial charge on any atom is 0.370 e. The lowest BCUT2D eigenvalue weighted by Crippen LogP contribution is -2.32. The Bertz CT molecular complexity index is 947. The maximum atomic E-state index is 10.6. The van der Waals surface area contributed by atoms with Crippen molar-refractivity contribution in [3.8, 4) is 0 Å². The summed E-state index contributed by atoms with van der Waals surface area (Å²) in [4.78, 5) is 23.9. The zero-order valence-corrected chi connectivity index (χ0v) is 14.4. The van der Waals surface area contributed by atoms with Gasteiger partial charge in [0.2, 0.25) is 5.76 Å². The van der Waals surface area contributed by atoms with E-state index in [4.69, 9.17) is 21.1 Å². The molecule has 0 amide bonds. The normalized spacial score (nSPS) is 12.1. The number of aliphatic hydroxyl groups is 1. The number of aliphatic carboxylic acids is 2. The number of nitrogens with one attached hydrogen (secondary N) is 1. The van der Waals surface area contributed by atoms with Gasteiger partial charge >= 0.3 is 11.9 Å². The molecule has 0 bridgehead atoms. The van der Waals surface area contributed by atoms with Crippen LogP contribution < -0.4 is 5.73 Å². The Kier molecular flexibility index (Phi) is 6.73. The van der Waals surface area contributed by atoms with E-state index in [0.29, 0.717) is 12.0 Å². The molecule has 27 heavy (non-hydrogen) atoms. The molecule has 0 saturated heterocycles. The summed E-state index contributed by atoms with van der Waals surface area (Å²) in [5.74, 6) is -2.94. The summed E-state index contributed by atoms with van der Waals surface area (Å²) in [7, 11) is 0. The van der Waals surface area contributed by atoms with Gasteiger partial charge in [0.15, 0.2) is 0 Å². The molecule has 0 aliphatic carbocycles. The standard InChI is InChI=1S/C11H12N2O2.C9H8O3/c12-9(11(14)15)5-7-6-13-10-4-2-1-3-8(7)10;10-8(9(11)12)6-7-4-2-1-3-5-7/h1-4,6,9,13H,5,12H2,(H,14,15);1-6,10H,(H,11,12)/t9-;/m0./s1. The summed E-state index contributed by atoms with van der Waals surface area (Å²) in [5.41, 5.74) is 8.10. The Hall–Kier alpha value is -3.58. The van der Waals surface area contributed by atoms with E-state index in [0.717, 1.165) is 16.5 Å². The van der Waals surface area contributed by atoms with E-state index in [1.54, 1.807) is 24.3 Å². The SMILES string of the molecule is N[C@@H](Cc1c[nH]c2ccccc12)C(=O)O.O=C(O)C(O)=Cc1ccccc1. The molecule has 0 unspecified atom stereocenters. The van der Waals surface area contributed by atoms with Gasteiger partial charge in [0.25, 0.3) is 0 Å². The van der Waals surface area contributed by atoms with Crippen LogP contribution in [0.4, 0.5) is 0 Å². The number of hydrogen-bond acceptors (Lipinski definition) is 4. The fourth-order valence-electron chi connectivity index (χ4n) is 2.39. The first kappa shape index (κ1) is 19.7. The number of aromatic nitrogens is 1. The van der Waals surface area contributed by atoms with Crippen LogP contribution in [0.5, 0.6) is 0 Å². The van der Waals surface area contributed by atoms with E-state index in [1.807, 2.05) is 36.5 Å². The van der Waals surface area contributed by atoms with Gasteiger partial charge in [-0.1, -0.05) is 48.5 Å². The minimum atomic E-state index is -1.32.